The number of halogens is 1. The summed E-state index contributed by atoms with van der Waals surface area (Å²) in [7, 11) is 0. The average Bonchev–Trinajstić information content (AvgIpc) is 2.60. The summed E-state index contributed by atoms with van der Waals surface area (Å²) >= 11 is 5.21. The second-order valence-electron chi connectivity index (χ2n) is 6.23. The van der Waals surface area contributed by atoms with Gasteiger partial charge in [0.2, 0.25) is 0 Å². The zero-order valence-electron chi connectivity index (χ0n) is 13.7. The summed E-state index contributed by atoms with van der Waals surface area (Å²) in [4.78, 5) is 20.3. The molecule has 0 N–H and O–H groups in total. The topological polar surface area (TPSA) is 33.2 Å². The Morgan fingerprint density at radius 1 is 1.25 bits per heavy atom. The Hall–Kier alpha value is -1.33. The smallest absolute Gasteiger partial charge is 0.272 e. The van der Waals surface area contributed by atoms with Crippen molar-refractivity contribution in [1.82, 2.24) is 9.88 Å². The minimum absolute atomic E-state index is 0.0659. The van der Waals surface area contributed by atoms with Gasteiger partial charge >= 0.3 is 0 Å². The second kappa shape index (κ2) is 8.17. The number of thioether (sulfide) groups is 1. The second-order valence-corrected chi connectivity index (χ2v) is 8.20. The first kappa shape index (κ1) is 17.5. The Balaban J connectivity index is 1.64. The van der Waals surface area contributed by atoms with Crippen LogP contribution in [0.4, 0.5) is 0 Å². The van der Waals surface area contributed by atoms with Gasteiger partial charge in [0.15, 0.2) is 0 Å². The lowest BCUT2D eigenvalue weighted by Gasteiger charge is -2.30. The maximum Gasteiger partial charge on any atom is 0.272 e. The Kier molecular flexibility index (Phi) is 5.95. The number of amides is 1. The van der Waals surface area contributed by atoms with E-state index in [9.17, 15) is 4.79 Å². The fraction of sp³-hybridized carbons (Fsp3) is 0.368. The van der Waals surface area contributed by atoms with E-state index < -0.39 is 0 Å². The third kappa shape index (κ3) is 4.61. The van der Waals surface area contributed by atoms with Crippen molar-refractivity contribution in [3.63, 3.8) is 0 Å². The van der Waals surface area contributed by atoms with E-state index in [0.29, 0.717) is 5.69 Å². The molecule has 1 saturated heterocycles. The van der Waals surface area contributed by atoms with Crippen molar-refractivity contribution in [2.75, 3.05) is 13.1 Å². The Labute approximate surface area is 156 Å². The molecule has 0 spiro atoms. The van der Waals surface area contributed by atoms with Crippen LogP contribution in [0, 0.1) is 5.92 Å². The highest BCUT2D eigenvalue weighted by molar-refractivity contribution is 9.10. The first-order valence-corrected chi connectivity index (χ1v) is 10.0. The lowest BCUT2D eigenvalue weighted by molar-refractivity contribution is 0.0691. The van der Waals surface area contributed by atoms with E-state index in [2.05, 4.69) is 40.0 Å². The maximum absolute atomic E-state index is 12.6. The Morgan fingerprint density at radius 2 is 2.00 bits per heavy atom. The number of rotatable bonds is 4. The van der Waals surface area contributed by atoms with Gasteiger partial charge in [-0.1, -0.05) is 35.0 Å². The number of benzene rings is 1. The lowest BCUT2D eigenvalue weighted by atomic mass is 9.99. The molecule has 1 amide bonds. The van der Waals surface area contributed by atoms with Crippen LogP contribution < -0.4 is 0 Å². The van der Waals surface area contributed by atoms with E-state index in [1.165, 1.54) is 4.90 Å². The molecule has 0 bridgehead atoms. The van der Waals surface area contributed by atoms with Gasteiger partial charge in [0, 0.05) is 28.2 Å². The van der Waals surface area contributed by atoms with E-state index in [-0.39, 0.29) is 5.91 Å². The zero-order chi connectivity index (χ0) is 16.9. The molecule has 0 saturated carbocycles. The highest BCUT2D eigenvalue weighted by Crippen LogP contribution is 2.25. The minimum atomic E-state index is 0.0659. The van der Waals surface area contributed by atoms with Crippen LogP contribution in [-0.4, -0.2) is 28.9 Å². The van der Waals surface area contributed by atoms with Crippen molar-refractivity contribution in [2.24, 2.45) is 5.92 Å². The molecule has 0 atom stereocenters. The summed E-state index contributed by atoms with van der Waals surface area (Å²) in [6.45, 7) is 3.94. The monoisotopic (exact) mass is 404 g/mol. The molecule has 24 heavy (non-hydrogen) atoms. The van der Waals surface area contributed by atoms with Crippen LogP contribution in [0.2, 0.25) is 0 Å². The number of nitrogens with zero attached hydrogens (tertiary/aromatic N) is 2. The van der Waals surface area contributed by atoms with E-state index >= 15 is 0 Å². The molecule has 0 aliphatic carbocycles. The number of pyridine rings is 1. The number of carbonyl (C=O) groups is 1. The van der Waals surface area contributed by atoms with Gasteiger partial charge in [-0.15, -0.1) is 11.8 Å². The van der Waals surface area contributed by atoms with Gasteiger partial charge in [0.25, 0.3) is 5.91 Å². The molecular formula is C19H21BrN2OS. The molecule has 5 heteroatoms. The Bertz CT molecular complexity index is 714. The first-order chi connectivity index (χ1) is 11.6. The van der Waals surface area contributed by atoms with Crippen molar-refractivity contribution >= 4 is 33.6 Å². The molecule has 1 aromatic carbocycles. The van der Waals surface area contributed by atoms with Crippen molar-refractivity contribution < 1.29 is 4.79 Å². The molecule has 1 fully saturated rings. The van der Waals surface area contributed by atoms with Gasteiger partial charge in [0.1, 0.15) is 5.69 Å². The predicted octanol–water partition coefficient (Wildman–Crippen LogP) is 5.01. The number of likely N-dealkylation sites (tertiary alicyclic amines) is 1. The van der Waals surface area contributed by atoms with Gasteiger partial charge in [-0.3, -0.25) is 4.79 Å². The molecule has 1 aliphatic heterocycles. The lowest BCUT2D eigenvalue weighted by Crippen LogP contribution is -2.38. The van der Waals surface area contributed by atoms with Gasteiger partial charge in [0.05, 0.1) is 5.69 Å². The van der Waals surface area contributed by atoms with Crippen LogP contribution >= 0.6 is 27.7 Å². The average molecular weight is 405 g/mol. The molecule has 0 unspecified atom stereocenters. The van der Waals surface area contributed by atoms with Crippen molar-refractivity contribution in [1.29, 1.82) is 0 Å². The number of aromatic nitrogens is 1. The summed E-state index contributed by atoms with van der Waals surface area (Å²) < 4.78 is 1.07. The van der Waals surface area contributed by atoms with Gasteiger partial charge < -0.3 is 4.90 Å². The van der Waals surface area contributed by atoms with E-state index in [1.54, 1.807) is 11.8 Å². The summed E-state index contributed by atoms with van der Waals surface area (Å²) in [5, 5.41) is 0. The van der Waals surface area contributed by atoms with Gasteiger partial charge in [-0.2, -0.15) is 0 Å². The zero-order valence-corrected chi connectivity index (χ0v) is 16.1. The van der Waals surface area contributed by atoms with E-state index in [1.807, 2.05) is 35.2 Å². The third-order valence-corrected chi connectivity index (χ3v) is 5.80. The first-order valence-electron chi connectivity index (χ1n) is 8.25. The van der Waals surface area contributed by atoms with Crippen LogP contribution in [0.5, 0.6) is 0 Å². The van der Waals surface area contributed by atoms with Crippen molar-refractivity contribution in [3.8, 4) is 0 Å². The van der Waals surface area contributed by atoms with Crippen molar-refractivity contribution in [3.05, 3.63) is 58.3 Å². The molecule has 3 nitrogen and oxygen atoms in total. The molecule has 3 rings (SSSR count). The molecule has 1 aromatic heterocycles. The molecule has 1 aliphatic rings. The minimum Gasteiger partial charge on any atom is -0.337 e. The standard InChI is InChI=1S/C19H21BrN2OS/c1-14-8-10-22(11-9-14)19(23)18-7-3-5-16(21-18)13-24-17-6-2-4-15(20)12-17/h2-7,12,14H,8-11,13H2,1H3. The van der Waals surface area contributed by atoms with Crippen LogP contribution in [0.1, 0.15) is 35.9 Å². The summed E-state index contributed by atoms with van der Waals surface area (Å²) in [6.07, 6.45) is 2.17. The molecular weight excluding hydrogens is 384 g/mol. The Morgan fingerprint density at radius 3 is 2.75 bits per heavy atom. The fourth-order valence-electron chi connectivity index (χ4n) is 2.77. The normalized spacial score (nSPS) is 15.5. The fourth-order valence-corrected chi connectivity index (χ4v) is 4.18. The molecule has 2 aromatic rings. The van der Waals surface area contributed by atoms with Crippen molar-refractivity contribution in [2.45, 2.75) is 30.4 Å². The summed E-state index contributed by atoms with van der Waals surface area (Å²) in [5.74, 6) is 1.54. The highest BCUT2D eigenvalue weighted by atomic mass is 79.9. The number of piperidine rings is 1. The molecule has 0 radical (unpaired) electrons. The van der Waals surface area contributed by atoms with E-state index in [4.69, 9.17) is 0 Å². The van der Waals surface area contributed by atoms with E-state index in [0.717, 1.165) is 47.8 Å². The quantitative estimate of drug-likeness (QED) is 0.671. The SMILES string of the molecule is CC1CCN(C(=O)c2cccc(CSc3cccc(Br)c3)n2)CC1. The molecule has 126 valence electrons. The molecule has 2 heterocycles. The van der Waals surface area contributed by atoms with Crippen LogP contribution in [-0.2, 0) is 5.75 Å². The largest absolute Gasteiger partial charge is 0.337 e. The van der Waals surface area contributed by atoms with Gasteiger partial charge in [-0.25, -0.2) is 4.98 Å². The van der Waals surface area contributed by atoms with Crippen LogP contribution in [0.25, 0.3) is 0 Å². The van der Waals surface area contributed by atoms with Crippen LogP contribution in [0.15, 0.2) is 51.8 Å². The summed E-state index contributed by atoms with van der Waals surface area (Å²) in [5.41, 5.74) is 1.51. The number of hydrogen-bond donors (Lipinski definition) is 0. The van der Waals surface area contributed by atoms with Crippen LogP contribution in [0.3, 0.4) is 0 Å². The third-order valence-electron chi connectivity index (χ3n) is 4.28. The summed E-state index contributed by atoms with van der Waals surface area (Å²) in [6, 6.07) is 14.0. The van der Waals surface area contributed by atoms with Gasteiger partial charge in [-0.05, 0) is 49.1 Å². The maximum atomic E-state index is 12.6. The number of hydrogen-bond acceptors (Lipinski definition) is 3. The highest BCUT2D eigenvalue weighted by Gasteiger charge is 2.22. The number of carbonyl (C=O) groups excluding carboxylic acids is 1. The predicted molar refractivity (Wildman–Crippen MR) is 102 cm³/mol.